The van der Waals surface area contributed by atoms with Gasteiger partial charge < -0.3 is 10.6 Å². The fraction of sp³-hybridized carbons (Fsp3) is 0.462. The largest absolute Gasteiger partial charge is 0.399 e. The molecule has 8 heteroatoms. The second-order valence-electron chi connectivity index (χ2n) is 4.96. The molecule has 0 aliphatic carbocycles. The summed E-state index contributed by atoms with van der Waals surface area (Å²) in [5, 5.41) is 0. The molecule has 2 rings (SSSR count). The minimum absolute atomic E-state index is 0. The molecule has 0 bridgehead atoms. The number of hydrogen-bond acceptors (Lipinski definition) is 4. The van der Waals surface area contributed by atoms with Gasteiger partial charge in [0.05, 0.1) is 12.7 Å². The summed E-state index contributed by atoms with van der Waals surface area (Å²) in [6.45, 7) is 1.63. The Balaban J connectivity index is 0.00000220. The quantitative estimate of drug-likeness (QED) is 0.808. The monoisotopic (exact) mass is 333 g/mol. The SMILES string of the molecule is CS(=O)(=O)N1CCN(C(=O)Cc2ccc(N)cc2)CC1.Cl. The van der Waals surface area contributed by atoms with Crippen LogP contribution in [0.3, 0.4) is 0 Å². The van der Waals surface area contributed by atoms with Gasteiger partial charge in [-0.2, -0.15) is 4.31 Å². The van der Waals surface area contributed by atoms with Crippen LogP contribution in [-0.2, 0) is 21.2 Å². The topological polar surface area (TPSA) is 83.7 Å². The maximum atomic E-state index is 12.1. The number of hydrogen-bond donors (Lipinski definition) is 1. The van der Waals surface area contributed by atoms with Crippen molar-refractivity contribution in [3.63, 3.8) is 0 Å². The lowest BCUT2D eigenvalue weighted by Crippen LogP contribution is -2.50. The van der Waals surface area contributed by atoms with Gasteiger partial charge in [0.1, 0.15) is 0 Å². The molecule has 0 radical (unpaired) electrons. The Morgan fingerprint density at radius 1 is 1.14 bits per heavy atom. The zero-order chi connectivity index (χ0) is 14.8. The van der Waals surface area contributed by atoms with Gasteiger partial charge in [0, 0.05) is 31.9 Å². The average Bonchev–Trinajstić information content (AvgIpc) is 2.40. The van der Waals surface area contributed by atoms with Crippen molar-refractivity contribution >= 4 is 34.0 Å². The lowest BCUT2D eigenvalue weighted by atomic mass is 10.1. The van der Waals surface area contributed by atoms with Crippen LogP contribution in [0.4, 0.5) is 5.69 Å². The van der Waals surface area contributed by atoms with E-state index < -0.39 is 10.0 Å². The van der Waals surface area contributed by atoms with Crippen LogP contribution in [0.25, 0.3) is 0 Å². The fourth-order valence-corrected chi connectivity index (χ4v) is 3.02. The molecule has 1 aromatic carbocycles. The number of nitrogen functional groups attached to an aromatic ring is 1. The maximum Gasteiger partial charge on any atom is 0.227 e. The summed E-state index contributed by atoms with van der Waals surface area (Å²) < 4.78 is 24.2. The Morgan fingerprint density at radius 3 is 2.14 bits per heavy atom. The van der Waals surface area contributed by atoms with E-state index in [0.717, 1.165) is 5.56 Å². The molecule has 1 amide bonds. The van der Waals surface area contributed by atoms with Gasteiger partial charge >= 0.3 is 0 Å². The molecule has 0 unspecified atom stereocenters. The van der Waals surface area contributed by atoms with Crippen molar-refractivity contribution in [2.75, 3.05) is 38.2 Å². The summed E-state index contributed by atoms with van der Waals surface area (Å²) in [7, 11) is -3.16. The van der Waals surface area contributed by atoms with Crippen LogP contribution >= 0.6 is 12.4 Å². The average molecular weight is 334 g/mol. The van der Waals surface area contributed by atoms with Gasteiger partial charge in [-0.25, -0.2) is 8.42 Å². The molecular weight excluding hydrogens is 314 g/mol. The van der Waals surface area contributed by atoms with Crippen molar-refractivity contribution in [1.29, 1.82) is 0 Å². The second kappa shape index (κ2) is 7.11. The number of carbonyl (C=O) groups excluding carboxylic acids is 1. The number of rotatable bonds is 3. The van der Waals surface area contributed by atoms with Gasteiger partial charge in [0.15, 0.2) is 0 Å². The molecule has 21 heavy (non-hydrogen) atoms. The number of anilines is 1. The molecule has 1 saturated heterocycles. The van der Waals surface area contributed by atoms with Crippen molar-refractivity contribution in [2.24, 2.45) is 0 Å². The van der Waals surface area contributed by atoms with E-state index in [2.05, 4.69) is 0 Å². The molecule has 1 aromatic rings. The lowest BCUT2D eigenvalue weighted by molar-refractivity contribution is -0.131. The summed E-state index contributed by atoms with van der Waals surface area (Å²) in [6.07, 6.45) is 1.51. The Kier molecular flexibility index (Phi) is 6.00. The van der Waals surface area contributed by atoms with Gasteiger partial charge in [0.25, 0.3) is 0 Å². The zero-order valence-corrected chi connectivity index (χ0v) is 13.5. The van der Waals surface area contributed by atoms with Gasteiger partial charge in [-0.05, 0) is 17.7 Å². The molecule has 0 spiro atoms. The van der Waals surface area contributed by atoms with Crippen molar-refractivity contribution < 1.29 is 13.2 Å². The first-order chi connectivity index (χ1) is 9.36. The maximum absolute atomic E-state index is 12.1. The van der Waals surface area contributed by atoms with E-state index in [0.29, 0.717) is 38.3 Å². The van der Waals surface area contributed by atoms with Crippen LogP contribution in [0.5, 0.6) is 0 Å². The first kappa shape index (κ1) is 17.7. The molecule has 0 saturated carbocycles. The second-order valence-corrected chi connectivity index (χ2v) is 6.94. The Bertz CT molecular complexity index is 581. The highest BCUT2D eigenvalue weighted by Gasteiger charge is 2.25. The number of nitrogens with two attached hydrogens (primary N) is 1. The highest BCUT2D eigenvalue weighted by molar-refractivity contribution is 7.88. The summed E-state index contributed by atoms with van der Waals surface area (Å²) in [4.78, 5) is 13.8. The summed E-state index contributed by atoms with van der Waals surface area (Å²) in [6, 6.07) is 7.20. The number of nitrogens with zero attached hydrogens (tertiary/aromatic N) is 2. The van der Waals surface area contributed by atoms with E-state index in [1.54, 1.807) is 17.0 Å². The normalized spacial score (nSPS) is 16.3. The molecule has 0 aromatic heterocycles. The smallest absolute Gasteiger partial charge is 0.227 e. The minimum Gasteiger partial charge on any atom is -0.399 e. The van der Waals surface area contributed by atoms with E-state index >= 15 is 0 Å². The zero-order valence-electron chi connectivity index (χ0n) is 11.9. The number of piperazine rings is 1. The minimum atomic E-state index is -3.16. The van der Waals surface area contributed by atoms with Gasteiger partial charge in [-0.3, -0.25) is 4.79 Å². The molecule has 2 N–H and O–H groups in total. The highest BCUT2D eigenvalue weighted by Crippen LogP contribution is 2.10. The molecule has 6 nitrogen and oxygen atoms in total. The molecular formula is C13H20ClN3O3S. The van der Waals surface area contributed by atoms with Crippen LogP contribution in [0.1, 0.15) is 5.56 Å². The van der Waals surface area contributed by atoms with E-state index in [-0.39, 0.29) is 18.3 Å². The van der Waals surface area contributed by atoms with Gasteiger partial charge in [0.2, 0.25) is 15.9 Å². The predicted octanol–water partition coefficient (Wildman–Crippen LogP) is 0.337. The van der Waals surface area contributed by atoms with E-state index in [1.165, 1.54) is 10.6 Å². The molecule has 0 atom stereocenters. The Morgan fingerprint density at radius 2 is 1.67 bits per heavy atom. The third kappa shape index (κ3) is 4.87. The van der Waals surface area contributed by atoms with Crippen LogP contribution in [0.15, 0.2) is 24.3 Å². The van der Waals surface area contributed by atoms with Gasteiger partial charge in [-0.15, -0.1) is 12.4 Å². The predicted molar refractivity (Wildman–Crippen MR) is 84.8 cm³/mol. The van der Waals surface area contributed by atoms with Gasteiger partial charge in [-0.1, -0.05) is 12.1 Å². The van der Waals surface area contributed by atoms with Crippen LogP contribution in [0, 0.1) is 0 Å². The van der Waals surface area contributed by atoms with Crippen LogP contribution in [-0.4, -0.2) is 56.0 Å². The number of carbonyl (C=O) groups is 1. The molecule has 1 aliphatic rings. The third-order valence-corrected chi connectivity index (χ3v) is 4.70. The summed E-state index contributed by atoms with van der Waals surface area (Å²) >= 11 is 0. The molecule has 1 fully saturated rings. The van der Waals surface area contributed by atoms with Crippen LogP contribution in [0.2, 0.25) is 0 Å². The molecule has 1 aliphatic heterocycles. The number of amides is 1. The van der Waals surface area contributed by atoms with E-state index in [1.807, 2.05) is 12.1 Å². The molecule has 118 valence electrons. The lowest BCUT2D eigenvalue weighted by Gasteiger charge is -2.33. The number of halogens is 1. The highest BCUT2D eigenvalue weighted by atomic mass is 35.5. The summed E-state index contributed by atoms with van der Waals surface area (Å²) in [5.74, 6) is 0.0166. The Hall–Kier alpha value is -1.31. The first-order valence-electron chi connectivity index (χ1n) is 6.43. The van der Waals surface area contributed by atoms with E-state index in [4.69, 9.17) is 5.73 Å². The first-order valence-corrected chi connectivity index (χ1v) is 8.28. The van der Waals surface area contributed by atoms with Crippen molar-refractivity contribution in [3.05, 3.63) is 29.8 Å². The van der Waals surface area contributed by atoms with E-state index in [9.17, 15) is 13.2 Å². The standard InChI is InChI=1S/C13H19N3O3S.ClH/c1-20(18,19)16-8-6-15(7-9-16)13(17)10-11-2-4-12(14)5-3-11;/h2-5H,6-10,14H2,1H3;1H. The summed E-state index contributed by atoms with van der Waals surface area (Å²) in [5.41, 5.74) is 7.18. The van der Waals surface area contributed by atoms with Crippen molar-refractivity contribution in [3.8, 4) is 0 Å². The number of benzene rings is 1. The fourth-order valence-electron chi connectivity index (χ4n) is 2.19. The van der Waals surface area contributed by atoms with Crippen LogP contribution < -0.4 is 5.73 Å². The third-order valence-electron chi connectivity index (χ3n) is 3.40. The molecule has 1 heterocycles. The number of sulfonamides is 1. The van der Waals surface area contributed by atoms with Crippen molar-refractivity contribution in [2.45, 2.75) is 6.42 Å². The Labute approximate surface area is 131 Å². The van der Waals surface area contributed by atoms with Crippen molar-refractivity contribution in [1.82, 2.24) is 9.21 Å².